The minimum absolute atomic E-state index is 0.0735. The molecular weight excluding hydrogens is 556 g/mol. The molecule has 4 aromatic carbocycles. The van der Waals surface area contributed by atoms with Crippen molar-refractivity contribution in [1.29, 1.82) is 0 Å². The predicted octanol–water partition coefficient (Wildman–Crippen LogP) is 12.0. The summed E-state index contributed by atoms with van der Waals surface area (Å²) in [5, 5.41) is 0. The van der Waals surface area contributed by atoms with Crippen LogP contribution in [0.1, 0.15) is 63.8 Å². The molecule has 0 unspecified atom stereocenters. The third-order valence-corrected chi connectivity index (χ3v) is 8.81. The van der Waals surface area contributed by atoms with Crippen LogP contribution >= 0.6 is 0 Å². The zero-order valence-electron chi connectivity index (χ0n) is 28.4. The summed E-state index contributed by atoms with van der Waals surface area (Å²) >= 11 is 0. The Labute approximate surface area is 275 Å². The van der Waals surface area contributed by atoms with Gasteiger partial charge in [-0.15, -0.1) is 0 Å². The van der Waals surface area contributed by atoms with Gasteiger partial charge in [0.1, 0.15) is 0 Å². The van der Waals surface area contributed by atoms with Gasteiger partial charge >= 0.3 is 0 Å². The quantitative estimate of drug-likeness (QED) is 0.197. The van der Waals surface area contributed by atoms with Gasteiger partial charge in [-0.25, -0.2) is 0 Å². The van der Waals surface area contributed by atoms with Crippen molar-refractivity contribution in [2.24, 2.45) is 0 Å². The second-order valence-electron chi connectivity index (χ2n) is 14.6. The molecule has 0 bridgehead atoms. The van der Waals surface area contributed by atoms with Crippen LogP contribution in [0.3, 0.4) is 0 Å². The fourth-order valence-corrected chi connectivity index (χ4v) is 6.21. The zero-order valence-corrected chi connectivity index (χ0v) is 28.4. The van der Waals surface area contributed by atoms with E-state index in [0.29, 0.717) is 0 Å². The number of aromatic nitrogens is 2. The van der Waals surface area contributed by atoms with Crippen LogP contribution in [0.5, 0.6) is 0 Å². The summed E-state index contributed by atoms with van der Waals surface area (Å²) < 4.78 is 0. The van der Waals surface area contributed by atoms with Gasteiger partial charge in [0.15, 0.2) is 0 Å². The fraction of sp³-hybridized carbons (Fsp3) is 0.227. The summed E-state index contributed by atoms with van der Waals surface area (Å²) in [5.74, 6) is 0. The third-order valence-electron chi connectivity index (χ3n) is 8.81. The number of nitrogens with zero attached hydrogens (tertiary/aromatic N) is 2. The van der Waals surface area contributed by atoms with E-state index in [-0.39, 0.29) is 10.8 Å². The molecule has 0 fully saturated rings. The van der Waals surface area contributed by atoms with Gasteiger partial charge in [0.25, 0.3) is 0 Å². The number of pyridine rings is 2. The van der Waals surface area contributed by atoms with Crippen molar-refractivity contribution in [3.8, 4) is 55.9 Å². The van der Waals surface area contributed by atoms with E-state index < -0.39 is 0 Å². The minimum atomic E-state index is 0.0735. The average Bonchev–Trinajstić information content (AvgIpc) is 3.03. The first-order valence-corrected chi connectivity index (χ1v) is 16.2. The van der Waals surface area contributed by atoms with Gasteiger partial charge in [-0.2, -0.15) is 0 Å². The highest BCUT2D eigenvalue weighted by molar-refractivity contribution is 5.95. The van der Waals surface area contributed by atoms with Gasteiger partial charge in [0.05, 0.1) is 11.4 Å². The number of benzene rings is 4. The van der Waals surface area contributed by atoms with Crippen LogP contribution in [0, 0.1) is 13.8 Å². The van der Waals surface area contributed by atoms with Crippen LogP contribution < -0.4 is 0 Å². The van der Waals surface area contributed by atoms with Crippen molar-refractivity contribution in [2.45, 2.75) is 66.2 Å². The molecular formula is C44H44N2. The number of rotatable bonds is 5. The predicted molar refractivity (Wildman–Crippen MR) is 196 cm³/mol. The summed E-state index contributed by atoms with van der Waals surface area (Å²) in [7, 11) is 0. The van der Waals surface area contributed by atoms with Gasteiger partial charge in [-0.1, -0.05) is 138 Å². The maximum atomic E-state index is 4.70. The van der Waals surface area contributed by atoms with Crippen molar-refractivity contribution in [3.05, 3.63) is 144 Å². The molecule has 0 saturated heterocycles. The summed E-state index contributed by atoms with van der Waals surface area (Å²) in [6.45, 7) is 17.8. The Morgan fingerprint density at radius 3 is 1.20 bits per heavy atom. The molecule has 0 aliphatic rings. The number of hydrogen-bond donors (Lipinski definition) is 0. The van der Waals surface area contributed by atoms with Gasteiger partial charge < -0.3 is 0 Å². The summed E-state index contributed by atoms with van der Waals surface area (Å²) in [4.78, 5) is 9.41. The lowest BCUT2D eigenvalue weighted by molar-refractivity contribution is 0.589. The minimum Gasteiger partial charge on any atom is -0.256 e. The van der Waals surface area contributed by atoms with Crippen molar-refractivity contribution in [3.63, 3.8) is 0 Å². The van der Waals surface area contributed by atoms with E-state index in [1.165, 1.54) is 55.6 Å². The molecule has 0 aliphatic heterocycles. The highest BCUT2D eigenvalue weighted by Gasteiger charge is 2.18. The van der Waals surface area contributed by atoms with Crippen LogP contribution in [-0.4, -0.2) is 9.97 Å². The first-order valence-electron chi connectivity index (χ1n) is 16.2. The van der Waals surface area contributed by atoms with Gasteiger partial charge in [-0.05, 0) is 93.5 Å². The van der Waals surface area contributed by atoms with Gasteiger partial charge in [0.2, 0.25) is 0 Å². The highest BCUT2D eigenvalue weighted by Crippen LogP contribution is 2.41. The average molecular weight is 601 g/mol. The first-order chi connectivity index (χ1) is 21.9. The Hall–Kier alpha value is -4.82. The van der Waals surface area contributed by atoms with Crippen LogP contribution in [-0.2, 0) is 10.8 Å². The molecule has 0 N–H and O–H groups in total. The van der Waals surface area contributed by atoms with E-state index >= 15 is 0 Å². The van der Waals surface area contributed by atoms with E-state index in [1.807, 2.05) is 12.4 Å². The van der Waals surface area contributed by atoms with E-state index in [9.17, 15) is 0 Å². The Morgan fingerprint density at radius 1 is 0.413 bits per heavy atom. The normalized spacial score (nSPS) is 11.9. The molecule has 0 spiro atoms. The lowest BCUT2D eigenvalue weighted by Gasteiger charge is -2.20. The Bertz CT molecular complexity index is 1860. The number of hydrogen-bond acceptors (Lipinski definition) is 2. The van der Waals surface area contributed by atoms with Crippen molar-refractivity contribution in [1.82, 2.24) is 9.97 Å². The Morgan fingerprint density at radius 2 is 0.804 bits per heavy atom. The molecule has 0 radical (unpaired) electrons. The zero-order chi connectivity index (χ0) is 32.6. The Balaban J connectivity index is 1.44. The van der Waals surface area contributed by atoms with Crippen molar-refractivity contribution >= 4 is 0 Å². The molecule has 46 heavy (non-hydrogen) atoms. The third kappa shape index (κ3) is 6.58. The van der Waals surface area contributed by atoms with E-state index in [0.717, 1.165) is 22.5 Å². The van der Waals surface area contributed by atoms with Crippen molar-refractivity contribution < 1.29 is 0 Å². The maximum absolute atomic E-state index is 4.70. The fourth-order valence-electron chi connectivity index (χ4n) is 6.21. The van der Waals surface area contributed by atoms with Crippen LogP contribution in [0.25, 0.3) is 55.9 Å². The topological polar surface area (TPSA) is 25.8 Å². The molecule has 6 rings (SSSR count). The highest BCUT2D eigenvalue weighted by atomic mass is 14.7. The molecule has 0 saturated carbocycles. The lowest BCUT2D eigenvalue weighted by Crippen LogP contribution is -2.11. The molecule has 2 heteroatoms. The second-order valence-corrected chi connectivity index (χ2v) is 14.6. The number of aryl methyl sites for hydroxylation is 2. The van der Waals surface area contributed by atoms with Gasteiger partial charge in [-0.3, -0.25) is 9.97 Å². The smallest absolute Gasteiger partial charge is 0.0704 e. The first kappa shape index (κ1) is 31.2. The molecule has 230 valence electrons. The molecule has 2 heterocycles. The van der Waals surface area contributed by atoms with Crippen LogP contribution in [0.4, 0.5) is 0 Å². The SMILES string of the molecule is Cc1cc(C)cc(-c2c(-c3ccc(-c4cc(C(C)(C)C)ccn4)cc3)cccc2-c2ccc(-c3cc(C(C)(C)C)ccn3)cc2)c1. The van der Waals surface area contributed by atoms with E-state index in [4.69, 9.17) is 9.97 Å². The van der Waals surface area contributed by atoms with Crippen LogP contribution in [0.2, 0.25) is 0 Å². The van der Waals surface area contributed by atoms with Crippen molar-refractivity contribution in [2.75, 3.05) is 0 Å². The monoisotopic (exact) mass is 600 g/mol. The van der Waals surface area contributed by atoms with E-state index in [1.54, 1.807) is 0 Å². The summed E-state index contributed by atoms with van der Waals surface area (Å²) in [5.41, 5.74) is 16.8. The molecule has 6 aromatic rings. The molecule has 0 aliphatic carbocycles. The van der Waals surface area contributed by atoms with Crippen LogP contribution in [0.15, 0.2) is 122 Å². The molecule has 0 atom stereocenters. The summed E-state index contributed by atoms with van der Waals surface area (Å²) in [6, 6.07) is 40.0. The largest absolute Gasteiger partial charge is 0.256 e. The lowest BCUT2D eigenvalue weighted by atomic mass is 9.85. The Kier molecular flexibility index (Phi) is 8.25. The molecule has 2 aromatic heterocycles. The molecule has 0 amide bonds. The molecule has 2 nitrogen and oxygen atoms in total. The van der Waals surface area contributed by atoms with Gasteiger partial charge in [0, 0.05) is 23.5 Å². The summed E-state index contributed by atoms with van der Waals surface area (Å²) in [6.07, 6.45) is 3.85. The van der Waals surface area contributed by atoms with E-state index in [2.05, 4.69) is 165 Å². The standard InChI is InChI=1S/C44H44N2/c1-29-24-30(2)26-35(25-29)42-38(31-12-16-33(17-13-31)40-27-36(20-22-45-40)43(3,4)5)10-9-11-39(42)32-14-18-34(19-15-32)41-28-37(21-23-46-41)44(6,7)8/h9-28H,1-8H3. The maximum Gasteiger partial charge on any atom is 0.0704 e. The second kappa shape index (κ2) is 12.2.